The maximum absolute atomic E-state index is 5.06. The van der Waals surface area contributed by atoms with E-state index in [1.165, 1.54) is 0 Å². The molecule has 2 saturated heterocycles. The van der Waals surface area contributed by atoms with Gasteiger partial charge in [-0.1, -0.05) is 12.0 Å². The van der Waals surface area contributed by atoms with Crippen molar-refractivity contribution >= 4 is 0 Å². The molecule has 0 aromatic carbocycles. The fourth-order valence-electron chi connectivity index (χ4n) is 0.861. The first-order valence-electron chi connectivity index (χ1n) is 5.30. The number of terminal acetylenes is 1. The summed E-state index contributed by atoms with van der Waals surface area (Å²) in [5.74, 6) is 2.37. The van der Waals surface area contributed by atoms with E-state index in [0.717, 1.165) is 19.8 Å². The van der Waals surface area contributed by atoms with Gasteiger partial charge in [-0.3, -0.25) is 0 Å². The second-order valence-electron chi connectivity index (χ2n) is 3.46. The lowest BCUT2D eigenvalue weighted by Gasteiger charge is -1.92. The van der Waals surface area contributed by atoms with Crippen molar-refractivity contribution in [1.82, 2.24) is 0 Å². The molecular formula is C12H18O4. The van der Waals surface area contributed by atoms with Gasteiger partial charge in [0, 0.05) is 0 Å². The van der Waals surface area contributed by atoms with Gasteiger partial charge >= 0.3 is 0 Å². The van der Waals surface area contributed by atoms with Crippen LogP contribution in [-0.2, 0) is 18.9 Å². The molecule has 2 heterocycles. The van der Waals surface area contributed by atoms with Crippen LogP contribution in [0.2, 0.25) is 0 Å². The maximum atomic E-state index is 5.06. The Balaban J connectivity index is 0.000000160. The topological polar surface area (TPSA) is 43.5 Å². The molecule has 2 aliphatic rings. The Hall–Kier alpha value is -0.860. The number of hydrogen-bond acceptors (Lipinski definition) is 4. The van der Waals surface area contributed by atoms with Gasteiger partial charge in [-0.05, 0) is 0 Å². The number of ether oxygens (including phenoxy) is 4. The summed E-state index contributed by atoms with van der Waals surface area (Å²) in [6.45, 7) is 7.65. The first-order valence-corrected chi connectivity index (χ1v) is 5.30. The molecule has 2 aliphatic heterocycles. The Labute approximate surface area is 96.5 Å². The summed E-state index contributed by atoms with van der Waals surface area (Å²) in [7, 11) is 0. The van der Waals surface area contributed by atoms with Crippen molar-refractivity contribution in [2.75, 3.05) is 39.6 Å². The molecule has 2 atom stereocenters. The van der Waals surface area contributed by atoms with Crippen LogP contribution < -0.4 is 0 Å². The van der Waals surface area contributed by atoms with Crippen LogP contribution in [0.1, 0.15) is 0 Å². The van der Waals surface area contributed by atoms with E-state index in [1.54, 1.807) is 6.08 Å². The van der Waals surface area contributed by atoms with E-state index >= 15 is 0 Å². The molecule has 16 heavy (non-hydrogen) atoms. The molecule has 0 spiro atoms. The lowest BCUT2D eigenvalue weighted by atomic mass is 10.5. The largest absolute Gasteiger partial charge is 0.375 e. The number of epoxide rings is 2. The van der Waals surface area contributed by atoms with Crippen LogP contribution in [0.4, 0.5) is 0 Å². The van der Waals surface area contributed by atoms with Gasteiger partial charge in [0.25, 0.3) is 0 Å². The molecule has 0 aliphatic carbocycles. The third-order valence-corrected chi connectivity index (χ3v) is 1.83. The number of hydrogen-bond donors (Lipinski definition) is 0. The predicted octanol–water partition coefficient (Wildman–Crippen LogP) is 0.623. The van der Waals surface area contributed by atoms with Crippen LogP contribution in [0.15, 0.2) is 12.7 Å². The van der Waals surface area contributed by atoms with Crippen molar-refractivity contribution < 1.29 is 18.9 Å². The molecule has 90 valence electrons. The Morgan fingerprint density at radius 2 is 1.81 bits per heavy atom. The zero-order chi connectivity index (χ0) is 11.6. The highest BCUT2D eigenvalue weighted by Crippen LogP contribution is 2.08. The molecule has 0 aromatic rings. The van der Waals surface area contributed by atoms with Crippen LogP contribution in [0, 0.1) is 12.3 Å². The predicted molar refractivity (Wildman–Crippen MR) is 60.1 cm³/mol. The molecule has 2 fully saturated rings. The molecule has 2 unspecified atom stereocenters. The second-order valence-corrected chi connectivity index (χ2v) is 3.46. The molecule has 0 N–H and O–H groups in total. The molecule has 0 radical (unpaired) electrons. The van der Waals surface area contributed by atoms with Crippen molar-refractivity contribution in [3.05, 3.63) is 12.7 Å². The van der Waals surface area contributed by atoms with Crippen LogP contribution in [0.25, 0.3) is 0 Å². The smallest absolute Gasteiger partial charge is 0.107 e. The van der Waals surface area contributed by atoms with E-state index < -0.39 is 0 Å². The van der Waals surface area contributed by atoms with E-state index in [2.05, 4.69) is 12.5 Å². The van der Waals surface area contributed by atoms with E-state index in [4.69, 9.17) is 25.4 Å². The highest BCUT2D eigenvalue weighted by Gasteiger charge is 2.22. The summed E-state index contributed by atoms with van der Waals surface area (Å²) in [5, 5.41) is 0. The second kappa shape index (κ2) is 8.31. The number of rotatable bonds is 7. The fraction of sp³-hybridized carbons (Fsp3) is 0.667. The van der Waals surface area contributed by atoms with Crippen LogP contribution in [0.3, 0.4) is 0 Å². The van der Waals surface area contributed by atoms with Gasteiger partial charge in [-0.2, -0.15) is 0 Å². The standard InChI is InChI=1S/C6H10O2.C6H8O2/c2*1-2-3-7-4-6-5-8-6/h2,6H,1,3-5H2;1,6H,3-5H2. The zero-order valence-corrected chi connectivity index (χ0v) is 9.39. The average Bonchev–Trinajstić information content (AvgIpc) is 3.15. The summed E-state index contributed by atoms with van der Waals surface area (Å²) in [6, 6.07) is 0. The van der Waals surface area contributed by atoms with E-state index in [1.807, 2.05) is 0 Å². The van der Waals surface area contributed by atoms with Gasteiger partial charge in [0.2, 0.25) is 0 Å². The molecule has 0 amide bonds. The van der Waals surface area contributed by atoms with Gasteiger partial charge in [-0.25, -0.2) is 0 Å². The Morgan fingerprint density at radius 3 is 2.25 bits per heavy atom. The Bertz CT molecular complexity index is 226. The summed E-state index contributed by atoms with van der Waals surface area (Å²) in [4.78, 5) is 0. The highest BCUT2D eigenvalue weighted by molar-refractivity contribution is 4.83. The molecular weight excluding hydrogens is 208 g/mol. The Morgan fingerprint density at radius 1 is 1.25 bits per heavy atom. The SMILES string of the molecule is C#CCOCC1CO1.C=CCOCC1CO1. The lowest BCUT2D eigenvalue weighted by Crippen LogP contribution is -2.00. The van der Waals surface area contributed by atoms with Crippen LogP contribution >= 0.6 is 0 Å². The van der Waals surface area contributed by atoms with Crippen molar-refractivity contribution in [2.45, 2.75) is 12.2 Å². The van der Waals surface area contributed by atoms with Gasteiger partial charge in [-0.15, -0.1) is 13.0 Å². The third kappa shape index (κ3) is 8.45. The molecule has 0 saturated carbocycles. The molecule has 2 rings (SSSR count). The third-order valence-electron chi connectivity index (χ3n) is 1.83. The van der Waals surface area contributed by atoms with Crippen LogP contribution in [-0.4, -0.2) is 51.8 Å². The fourth-order valence-corrected chi connectivity index (χ4v) is 0.861. The van der Waals surface area contributed by atoms with Gasteiger partial charge in [0.1, 0.15) is 18.8 Å². The summed E-state index contributed by atoms with van der Waals surface area (Å²) < 4.78 is 19.8. The normalized spacial score (nSPS) is 24.9. The summed E-state index contributed by atoms with van der Waals surface area (Å²) in [5.41, 5.74) is 0. The van der Waals surface area contributed by atoms with E-state index in [-0.39, 0.29) is 0 Å². The minimum absolute atomic E-state index is 0.336. The molecule has 4 nitrogen and oxygen atoms in total. The monoisotopic (exact) mass is 226 g/mol. The van der Waals surface area contributed by atoms with Gasteiger partial charge < -0.3 is 18.9 Å². The van der Waals surface area contributed by atoms with Crippen molar-refractivity contribution in [3.8, 4) is 12.3 Å². The minimum atomic E-state index is 0.336. The van der Waals surface area contributed by atoms with Gasteiger partial charge in [0.05, 0.1) is 33.0 Å². The van der Waals surface area contributed by atoms with Crippen LogP contribution in [0.5, 0.6) is 0 Å². The average molecular weight is 226 g/mol. The van der Waals surface area contributed by atoms with Crippen molar-refractivity contribution in [3.63, 3.8) is 0 Å². The first-order chi connectivity index (χ1) is 7.86. The van der Waals surface area contributed by atoms with Crippen molar-refractivity contribution in [2.24, 2.45) is 0 Å². The van der Waals surface area contributed by atoms with Crippen molar-refractivity contribution in [1.29, 1.82) is 0 Å². The molecule has 0 aromatic heterocycles. The quantitative estimate of drug-likeness (QED) is 0.276. The highest BCUT2D eigenvalue weighted by atomic mass is 16.6. The minimum Gasteiger partial charge on any atom is -0.375 e. The maximum Gasteiger partial charge on any atom is 0.107 e. The Kier molecular flexibility index (Phi) is 6.86. The lowest BCUT2D eigenvalue weighted by molar-refractivity contribution is 0.141. The first kappa shape index (κ1) is 13.2. The van der Waals surface area contributed by atoms with Gasteiger partial charge in [0.15, 0.2) is 0 Å². The summed E-state index contributed by atoms with van der Waals surface area (Å²) >= 11 is 0. The van der Waals surface area contributed by atoms with E-state index in [0.29, 0.717) is 32.0 Å². The van der Waals surface area contributed by atoms with E-state index in [9.17, 15) is 0 Å². The summed E-state index contributed by atoms with van der Waals surface area (Å²) in [6.07, 6.45) is 7.38. The zero-order valence-electron chi connectivity index (χ0n) is 9.39. The molecule has 4 heteroatoms. The molecule has 0 bridgehead atoms.